The van der Waals surface area contributed by atoms with Crippen LogP contribution in [0.4, 0.5) is 8.78 Å². The summed E-state index contributed by atoms with van der Waals surface area (Å²) < 4.78 is 64.1. The van der Waals surface area contributed by atoms with Gasteiger partial charge in [0.1, 0.15) is 17.4 Å². The maximum Gasteiger partial charge on any atom is 0.215 e. The number of rotatable bonds is 8. The Labute approximate surface area is 145 Å². The molecule has 0 heterocycles. The van der Waals surface area contributed by atoms with Crippen molar-refractivity contribution in [1.82, 2.24) is 4.72 Å². The molecule has 1 N–H and O–H groups in total. The van der Waals surface area contributed by atoms with Crippen LogP contribution in [0.2, 0.25) is 0 Å². The van der Waals surface area contributed by atoms with Crippen LogP contribution in [0, 0.1) is 11.6 Å². The molecule has 8 heteroatoms. The van der Waals surface area contributed by atoms with Gasteiger partial charge in [-0.15, -0.1) is 0 Å². The lowest BCUT2D eigenvalue weighted by Gasteiger charge is -2.19. The summed E-state index contributed by atoms with van der Waals surface area (Å²) in [5.74, 6) is -1.58. The zero-order valence-corrected chi connectivity index (χ0v) is 14.6. The van der Waals surface area contributed by atoms with Gasteiger partial charge in [-0.25, -0.2) is 21.9 Å². The smallest absolute Gasteiger partial charge is 0.215 e. The van der Waals surface area contributed by atoms with E-state index < -0.39 is 33.5 Å². The molecule has 0 fully saturated rings. The number of halogens is 2. The van der Waals surface area contributed by atoms with E-state index in [1.165, 1.54) is 14.2 Å². The zero-order chi connectivity index (χ0) is 18.4. The van der Waals surface area contributed by atoms with Gasteiger partial charge in [-0.1, -0.05) is 18.2 Å². The fourth-order valence-electron chi connectivity index (χ4n) is 2.37. The van der Waals surface area contributed by atoms with Gasteiger partial charge in [-0.3, -0.25) is 0 Å². The first-order valence-electron chi connectivity index (χ1n) is 7.43. The number of methoxy groups -OCH3 is 2. The maximum atomic E-state index is 13.6. The third-order valence-corrected chi connectivity index (χ3v) is 4.91. The minimum absolute atomic E-state index is 0.0733. The molecular weight excluding hydrogens is 352 g/mol. The van der Waals surface area contributed by atoms with Crippen LogP contribution in [-0.2, 0) is 20.5 Å². The quantitative estimate of drug-likeness (QED) is 0.775. The fraction of sp³-hybridized carbons (Fsp3) is 0.294. The number of sulfonamides is 1. The Morgan fingerprint density at radius 3 is 2.52 bits per heavy atom. The molecule has 2 rings (SSSR count). The van der Waals surface area contributed by atoms with Crippen molar-refractivity contribution >= 4 is 10.0 Å². The molecule has 0 bridgehead atoms. The molecule has 2 aromatic carbocycles. The van der Waals surface area contributed by atoms with Gasteiger partial charge in [0.2, 0.25) is 10.0 Å². The van der Waals surface area contributed by atoms with Crippen LogP contribution in [-0.4, -0.2) is 29.2 Å². The third-order valence-electron chi connectivity index (χ3n) is 3.61. The monoisotopic (exact) mass is 371 g/mol. The maximum absolute atomic E-state index is 13.6. The standard InChI is InChI=1S/C17H19F2NO4S/c1-23-16-6-4-3-5-14(16)17(24-2)10-20-25(21,22)11-12-9-13(18)7-8-15(12)19/h3-9,17,20H,10-11H2,1-2H3. The normalized spacial score (nSPS) is 12.8. The molecule has 0 spiro atoms. The van der Waals surface area contributed by atoms with Crippen molar-refractivity contribution in [3.63, 3.8) is 0 Å². The first kappa shape index (κ1) is 19.3. The molecule has 0 amide bonds. The van der Waals surface area contributed by atoms with Crippen molar-refractivity contribution in [3.05, 3.63) is 65.2 Å². The Balaban J connectivity index is 2.10. The number of ether oxygens (including phenoxy) is 2. The molecule has 0 aliphatic heterocycles. The lowest BCUT2D eigenvalue weighted by atomic mass is 10.1. The Hall–Kier alpha value is -2.03. The van der Waals surface area contributed by atoms with E-state index in [-0.39, 0.29) is 12.1 Å². The van der Waals surface area contributed by atoms with E-state index in [1.807, 2.05) is 0 Å². The number of benzene rings is 2. The molecule has 0 aromatic heterocycles. The summed E-state index contributed by atoms with van der Waals surface area (Å²) in [5, 5.41) is 0. The Kier molecular flexibility index (Phi) is 6.46. The summed E-state index contributed by atoms with van der Waals surface area (Å²) >= 11 is 0. The third kappa shape index (κ3) is 5.22. The second-order valence-corrected chi connectivity index (χ2v) is 7.12. The highest BCUT2D eigenvalue weighted by molar-refractivity contribution is 7.88. The highest BCUT2D eigenvalue weighted by Gasteiger charge is 2.20. The van der Waals surface area contributed by atoms with Crippen molar-refractivity contribution in [2.45, 2.75) is 11.9 Å². The lowest BCUT2D eigenvalue weighted by Crippen LogP contribution is -2.30. The molecular formula is C17H19F2NO4S. The molecule has 0 aliphatic carbocycles. The van der Waals surface area contributed by atoms with E-state index in [2.05, 4.69) is 4.72 Å². The SMILES string of the molecule is COc1ccccc1C(CNS(=O)(=O)Cc1cc(F)ccc1F)OC. The minimum Gasteiger partial charge on any atom is -0.496 e. The molecule has 0 saturated heterocycles. The summed E-state index contributed by atoms with van der Waals surface area (Å²) in [7, 11) is -0.940. The van der Waals surface area contributed by atoms with Gasteiger partial charge in [0.05, 0.1) is 19.0 Å². The van der Waals surface area contributed by atoms with Crippen LogP contribution in [0.15, 0.2) is 42.5 Å². The van der Waals surface area contributed by atoms with Gasteiger partial charge in [0.25, 0.3) is 0 Å². The second-order valence-electron chi connectivity index (χ2n) is 5.31. The predicted octanol–water partition coefficient (Wildman–Crippen LogP) is 2.78. The van der Waals surface area contributed by atoms with E-state index in [9.17, 15) is 17.2 Å². The van der Waals surface area contributed by atoms with Crippen molar-refractivity contribution in [2.24, 2.45) is 0 Å². The highest BCUT2D eigenvalue weighted by atomic mass is 32.2. The van der Waals surface area contributed by atoms with Crippen LogP contribution in [0.3, 0.4) is 0 Å². The molecule has 1 atom stereocenters. The topological polar surface area (TPSA) is 64.6 Å². The average Bonchev–Trinajstić information content (AvgIpc) is 2.59. The fourth-order valence-corrected chi connectivity index (χ4v) is 3.50. The summed E-state index contributed by atoms with van der Waals surface area (Å²) in [4.78, 5) is 0. The zero-order valence-electron chi connectivity index (χ0n) is 13.8. The van der Waals surface area contributed by atoms with Crippen LogP contribution in [0.25, 0.3) is 0 Å². The summed E-state index contributed by atoms with van der Waals surface area (Å²) in [5.41, 5.74) is 0.436. The van der Waals surface area contributed by atoms with Crippen LogP contribution >= 0.6 is 0 Å². The molecule has 0 radical (unpaired) electrons. The molecule has 2 aromatic rings. The van der Waals surface area contributed by atoms with Gasteiger partial charge < -0.3 is 9.47 Å². The summed E-state index contributed by atoms with van der Waals surface area (Å²) in [6.45, 7) is -0.0733. The van der Waals surface area contributed by atoms with Gasteiger partial charge >= 0.3 is 0 Å². The van der Waals surface area contributed by atoms with E-state index in [0.29, 0.717) is 11.3 Å². The highest BCUT2D eigenvalue weighted by Crippen LogP contribution is 2.26. The van der Waals surface area contributed by atoms with Crippen LogP contribution in [0.1, 0.15) is 17.2 Å². The van der Waals surface area contributed by atoms with E-state index in [0.717, 1.165) is 18.2 Å². The largest absolute Gasteiger partial charge is 0.496 e. The van der Waals surface area contributed by atoms with Gasteiger partial charge in [0, 0.05) is 24.8 Å². The van der Waals surface area contributed by atoms with Gasteiger partial charge in [-0.05, 0) is 24.3 Å². The van der Waals surface area contributed by atoms with Crippen molar-refractivity contribution in [3.8, 4) is 5.75 Å². The molecule has 25 heavy (non-hydrogen) atoms. The predicted molar refractivity (Wildman–Crippen MR) is 89.7 cm³/mol. The average molecular weight is 371 g/mol. The Morgan fingerprint density at radius 1 is 1.12 bits per heavy atom. The van der Waals surface area contributed by atoms with E-state index in [4.69, 9.17) is 9.47 Å². The lowest BCUT2D eigenvalue weighted by molar-refractivity contribution is 0.105. The van der Waals surface area contributed by atoms with Crippen molar-refractivity contribution in [2.75, 3.05) is 20.8 Å². The van der Waals surface area contributed by atoms with Crippen molar-refractivity contribution < 1.29 is 26.7 Å². The van der Waals surface area contributed by atoms with E-state index >= 15 is 0 Å². The Bertz CT molecular complexity index is 827. The van der Waals surface area contributed by atoms with Gasteiger partial charge in [0.15, 0.2) is 0 Å². The minimum atomic E-state index is -3.88. The molecule has 0 saturated carbocycles. The summed E-state index contributed by atoms with van der Waals surface area (Å²) in [6.07, 6.45) is -0.594. The summed E-state index contributed by atoms with van der Waals surface area (Å²) in [6, 6.07) is 9.75. The molecule has 5 nitrogen and oxygen atoms in total. The van der Waals surface area contributed by atoms with Crippen LogP contribution < -0.4 is 9.46 Å². The first-order valence-corrected chi connectivity index (χ1v) is 9.08. The van der Waals surface area contributed by atoms with Crippen molar-refractivity contribution in [1.29, 1.82) is 0 Å². The van der Waals surface area contributed by atoms with E-state index in [1.54, 1.807) is 24.3 Å². The number of nitrogens with one attached hydrogen (secondary N) is 1. The Morgan fingerprint density at radius 2 is 1.84 bits per heavy atom. The van der Waals surface area contributed by atoms with Gasteiger partial charge in [-0.2, -0.15) is 0 Å². The number of hydrogen-bond acceptors (Lipinski definition) is 4. The molecule has 1 unspecified atom stereocenters. The first-order chi connectivity index (χ1) is 11.9. The number of hydrogen-bond donors (Lipinski definition) is 1. The molecule has 0 aliphatic rings. The number of para-hydroxylation sites is 1. The molecule has 136 valence electrons. The second kappa shape index (κ2) is 8.37. The van der Waals surface area contributed by atoms with Crippen LogP contribution in [0.5, 0.6) is 5.75 Å².